The first kappa shape index (κ1) is 16.0. The zero-order valence-corrected chi connectivity index (χ0v) is 14.3. The van der Waals surface area contributed by atoms with Crippen LogP contribution >= 0.6 is 0 Å². The number of hydrogen-bond donors (Lipinski definition) is 2. The minimum absolute atomic E-state index is 0.0756. The Morgan fingerprint density at radius 2 is 2.16 bits per heavy atom. The number of para-hydroxylation sites is 2. The van der Waals surface area contributed by atoms with Gasteiger partial charge in [-0.15, -0.1) is 0 Å². The van der Waals surface area contributed by atoms with Crippen molar-refractivity contribution in [2.75, 3.05) is 18.5 Å². The third kappa shape index (κ3) is 3.78. The van der Waals surface area contributed by atoms with Gasteiger partial charge in [0, 0.05) is 18.3 Å². The Bertz CT molecular complexity index is 712. The lowest BCUT2D eigenvalue weighted by atomic mass is 9.98. The molecule has 2 aromatic rings. The lowest BCUT2D eigenvalue weighted by molar-refractivity contribution is 0.163. The van der Waals surface area contributed by atoms with Crippen LogP contribution in [0.5, 0.6) is 5.75 Å². The van der Waals surface area contributed by atoms with E-state index >= 15 is 0 Å². The number of aromatic amines is 1. The summed E-state index contributed by atoms with van der Waals surface area (Å²) in [4.78, 5) is 14.8. The van der Waals surface area contributed by atoms with Gasteiger partial charge in [-0.25, -0.2) is 4.79 Å². The molecule has 1 aliphatic carbocycles. The van der Waals surface area contributed by atoms with Gasteiger partial charge in [0.1, 0.15) is 5.75 Å². The van der Waals surface area contributed by atoms with Crippen molar-refractivity contribution in [2.45, 2.75) is 38.1 Å². The quantitative estimate of drug-likeness (QED) is 0.865. The standard InChI is InChI=1S/C19H24N4O2/c24-19(23-10-4-3-6-17(23)15-11-20-21-12-15)22-16-5-1-2-7-18(16)25-13-14-8-9-14/h1-2,5,7,11-12,14,17H,3-4,6,8-10,13H2,(H,20,21)(H,22,24)/t17-/m0/s1. The molecule has 0 spiro atoms. The predicted octanol–water partition coefficient (Wildman–Crippen LogP) is 3.96. The Labute approximate surface area is 147 Å². The van der Waals surface area contributed by atoms with Crippen molar-refractivity contribution in [2.24, 2.45) is 5.92 Å². The fourth-order valence-corrected chi connectivity index (χ4v) is 3.34. The van der Waals surface area contributed by atoms with Gasteiger partial charge in [-0.2, -0.15) is 5.10 Å². The maximum absolute atomic E-state index is 12.9. The number of benzene rings is 1. The second kappa shape index (κ2) is 7.17. The topological polar surface area (TPSA) is 70.2 Å². The van der Waals surface area contributed by atoms with Gasteiger partial charge in [-0.1, -0.05) is 12.1 Å². The molecule has 1 saturated carbocycles. The molecule has 2 heterocycles. The smallest absolute Gasteiger partial charge is 0.322 e. The monoisotopic (exact) mass is 340 g/mol. The number of carbonyl (C=O) groups is 1. The summed E-state index contributed by atoms with van der Waals surface area (Å²) in [6.07, 6.45) is 9.30. The van der Waals surface area contributed by atoms with E-state index in [1.165, 1.54) is 12.8 Å². The maximum atomic E-state index is 12.9. The molecule has 2 aliphatic rings. The summed E-state index contributed by atoms with van der Waals surface area (Å²) in [6, 6.07) is 7.68. The van der Waals surface area contributed by atoms with Crippen LogP contribution in [0, 0.1) is 5.92 Å². The van der Waals surface area contributed by atoms with E-state index in [9.17, 15) is 4.79 Å². The van der Waals surface area contributed by atoms with Crippen molar-refractivity contribution < 1.29 is 9.53 Å². The number of urea groups is 1. The summed E-state index contributed by atoms with van der Waals surface area (Å²) in [5.41, 5.74) is 1.80. The number of hydrogen-bond acceptors (Lipinski definition) is 3. The van der Waals surface area contributed by atoms with Crippen molar-refractivity contribution in [1.29, 1.82) is 0 Å². The van der Waals surface area contributed by atoms with Crippen LogP contribution in [-0.2, 0) is 0 Å². The summed E-state index contributed by atoms with van der Waals surface area (Å²) >= 11 is 0. The van der Waals surface area contributed by atoms with Crippen LogP contribution in [0.4, 0.5) is 10.5 Å². The molecular weight excluding hydrogens is 316 g/mol. The molecule has 6 heteroatoms. The average molecular weight is 340 g/mol. The lowest BCUT2D eigenvalue weighted by Crippen LogP contribution is -2.41. The Morgan fingerprint density at radius 1 is 1.28 bits per heavy atom. The number of likely N-dealkylation sites (tertiary alicyclic amines) is 1. The number of ether oxygens (including phenoxy) is 1. The van der Waals surface area contributed by atoms with E-state index in [-0.39, 0.29) is 12.1 Å². The number of amides is 2. The van der Waals surface area contributed by atoms with Crippen LogP contribution in [0.15, 0.2) is 36.7 Å². The van der Waals surface area contributed by atoms with E-state index in [1.807, 2.05) is 41.6 Å². The highest BCUT2D eigenvalue weighted by Crippen LogP contribution is 2.33. The predicted molar refractivity (Wildman–Crippen MR) is 95.6 cm³/mol. The van der Waals surface area contributed by atoms with Crippen LogP contribution in [0.25, 0.3) is 0 Å². The Morgan fingerprint density at radius 3 is 2.96 bits per heavy atom. The Kier molecular flexibility index (Phi) is 4.59. The molecule has 1 aromatic heterocycles. The third-order valence-electron chi connectivity index (χ3n) is 4.97. The van der Waals surface area contributed by atoms with Crippen molar-refractivity contribution in [3.05, 3.63) is 42.2 Å². The third-order valence-corrected chi connectivity index (χ3v) is 4.97. The average Bonchev–Trinajstić information content (AvgIpc) is 3.32. The molecule has 4 rings (SSSR count). The first-order valence-corrected chi connectivity index (χ1v) is 9.09. The van der Waals surface area contributed by atoms with Gasteiger partial charge in [0.15, 0.2) is 0 Å². The zero-order valence-electron chi connectivity index (χ0n) is 14.3. The van der Waals surface area contributed by atoms with Crippen molar-refractivity contribution in [3.8, 4) is 5.75 Å². The van der Waals surface area contributed by atoms with Gasteiger partial charge in [0.05, 0.1) is 24.5 Å². The minimum atomic E-state index is -0.0756. The largest absolute Gasteiger partial charge is 0.491 e. The van der Waals surface area contributed by atoms with Crippen LogP contribution in [0.3, 0.4) is 0 Å². The number of nitrogens with one attached hydrogen (secondary N) is 2. The van der Waals surface area contributed by atoms with E-state index in [1.54, 1.807) is 0 Å². The molecule has 2 amide bonds. The lowest BCUT2D eigenvalue weighted by Gasteiger charge is -2.35. The van der Waals surface area contributed by atoms with E-state index in [0.29, 0.717) is 5.92 Å². The summed E-state index contributed by atoms with van der Waals surface area (Å²) in [5, 5.41) is 9.93. The fourth-order valence-electron chi connectivity index (χ4n) is 3.34. The van der Waals surface area contributed by atoms with Gasteiger partial charge in [0.25, 0.3) is 0 Å². The molecule has 132 valence electrons. The van der Waals surface area contributed by atoms with Gasteiger partial charge >= 0.3 is 6.03 Å². The number of anilines is 1. The molecule has 0 bridgehead atoms. The summed E-state index contributed by atoms with van der Waals surface area (Å²) in [5.74, 6) is 1.43. The Balaban J connectivity index is 1.47. The van der Waals surface area contributed by atoms with Crippen molar-refractivity contribution >= 4 is 11.7 Å². The maximum Gasteiger partial charge on any atom is 0.322 e. The molecule has 0 radical (unpaired) electrons. The minimum Gasteiger partial charge on any atom is -0.491 e. The molecule has 1 saturated heterocycles. The molecule has 6 nitrogen and oxygen atoms in total. The van der Waals surface area contributed by atoms with Crippen molar-refractivity contribution in [1.82, 2.24) is 15.1 Å². The van der Waals surface area contributed by atoms with Crippen LogP contribution < -0.4 is 10.1 Å². The molecule has 1 aromatic carbocycles. The van der Waals surface area contributed by atoms with Crippen LogP contribution in [0.1, 0.15) is 43.7 Å². The number of piperidine rings is 1. The second-order valence-corrected chi connectivity index (χ2v) is 6.92. The van der Waals surface area contributed by atoms with E-state index < -0.39 is 0 Å². The zero-order chi connectivity index (χ0) is 17.1. The number of rotatable bonds is 5. The summed E-state index contributed by atoms with van der Waals surface area (Å²) in [7, 11) is 0. The van der Waals surface area contributed by atoms with Crippen LogP contribution in [-0.4, -0.2) is 34.3 Å². The first-order chi connectivity index (χ1) is 12.3. The highest BCUT2D eigenvalue weighted by atomic mass is 16.5. The highest BCUT2D eigenvalue weighted by Gasteiger charge is 2.29. The number of aromatic nitrogens is 2. The van der Waals surface area contributed by atoms with Gasteiger partial charge in [-0.05, 0) is 50.2 Å². The molecule has 1 atom stereocenters. The summed E-state index contributed by atoms with van der Waals surface area (Å²) < 4.78 is 5.90. The first-order valence-electron chi connectivity index (χ1n) is 9.09. The number of carbonyl (C=O) groups excluding carboxylic acids is 1. The number of nitrogens with zero attached hydrogens (tertiary/aromatic N) is 2. The molecule has 25 heavy (non-hydrogen) atoms. The molecule has 1 aliphatic heterocycles. The number of H-pyrrole nitrogens is 1. The molecule has 0 unspecified atom stereocenters. The Hall–Kier alpha value is -2.50. The summed E-state index contributed by atoms with van der Waals surface area (Å²) in [6.45, 7) is 1.49. The van der Waals surface area contributed by atoms with E-state index in [0.717, 1.165) is 49.4 Å². The van der Waals surface area contributed by atoms with E-state index in [4.69, 9.17) is 4.74 Å². The van der Waals surface area contributed by atoms with Gasteiger partial charge in [-0.3, -0.25) is 5.10 Å². The fraction of sp³-hybridized carbons (Fsp3) is 0.474. The van der Waals surface area contributed by atoms with E-state index in [2.05, 4.69) is 15.5 Å². The van der Waals surface area contributed by atoms with Gasteiger partial charge in [0.2, 0.25) is 0 Å². The highest BCUT2D eigenvalue weighted by molar-refractivity contribution is 5.91. The van der Waals surface area contributed by atoms with Crippen LogP contribution in [0.2, 0.25) is 0 Å². The molecular formula is C19H24N4O2. The molecule has 2 fully saturated rings. The van der Waals surface area contributed by atoms with Crippen molar-refractivity contribution in [3.63, 3.8) is 0 Å². The normalized spacial score (nSPS) is 20.3. The second-order valence-electron chi connectivity index (χ2n) is 6.92. The molecule has 2 N–H and O–H groups in total. The SMILES string of the molecule is O=C(Nc1ccccc1OCC1CC1)N1CCCC[C@H]1c1cn[nH]c1. The van der Waals surface area contributed by atoms with Gasteiger partial charge < -0.3 is 15.0 Å².